The van der Waals surface area contributed by atoms with E-state index in [1.165, 1.54) is 27.7 Å². The first-order valence-corrected chi connectivity index (χ1v) is 9.70. The molecule has 0 atom stereocenters. The number of rotatable bonds is 4. The van der Waals surface area contributed by atoms with Crippen LogP contribution in [0.25, 0.3) is 10.2 Å². The fraction of sp³-hybridized carbons (Fsp3) is 0. The Balaban J connectivity index is 1.75. The Hall–Kier alpha value is -2.35. The zero-order valence-corrected chi connectivity index (χ0v) is 14.8. The number of carbonyl (C=O) groups is 1. The normalized spacial score (nSPS) is 11.3. The van der Waals surface area contributed by atoms with Crippen LogP contribution in [-0.4, -0.2) is 17.1 Å². The molecule has 4 aromatic rings. The van der Waals surface area contributed by atoms with Gasteiger partial charge in [0, 0.05) is 4.88 Å². The zero-order chi connectivity index (χ0) is 16.4. The van der Waals surface area contributed by atoms with Gasteiger partial charge in [-0.25, -0.2) is 4.98 Å². The number of anilines is 1. The Bertz CT molecular complexity index is 954. The van der Waals surface area contributed by atoms with E-state index >= 15 is 0 Å². The number of carbonyl (C=O) groups excluding carboxylic acids is 1. The fourth-order valence-electron chi connectivity index (χ4n) is 2.12. The maximum Gasteiger partial charge on any atom is 0.290 e. The monoisotopic (exact) mass is 369 g/mol. The number of hydrogen-bond donors (Lipinski definition) is 0. The lowest BCUT2D eigenvalue weighted by Crippen LogP contribution is -2.24. The van der Waals surface area contributed by atoms with E-state index in [9.17, 15) is 4.79 Å². The number of para-hydroxylation sites is 1. The predicted octanol–water partition coefficient (Wildman–Crippen LogP) is 5.10. The van der Waals surface area contributed by atoms with Crippen LogP contribution in [0.15, 0.2) is 64.4 Å². The van der Waals surface area contributed by atoms with Crippen LogP contribution < -0.4 is 5.01 Å². The molecule has 0 N–H and O–H groups in total. The number of amides is 1. The number of thiazole rings is 1. The van der Waals surface area contributed by atoms with Gasteiger partial charge in [0.25, 0.3) is 5.91 Å². The second-order valence-electron chi connectivity index (χ2n) is 4.82. The second kappa shape index (κ2) is 6.64. The van der Waals surface area contributed by atoms with E-state index < -0.39 is 0 Å². The summed E-state index contributed by atoms with van der Waals surface area (Å²) in [6.07, 6.45) is 1.70. The van der Waals surface area contributed by atoms with Crippen molar-refractivity contribution in [2.75, 3.05) is 5.01 Å². The van der Waals surface area contributed by atoms with Gasteiger partial charge in [0.2, 0.25) is 5.13 Å². The molecule has 0 bridgehead atoms. The number of hydrazone groups is 1. The van der Waals surface area contributed by atoms with Crippen LogP contribution in [0.3, 0.4) is 0 Å². The quantitative estimate of drug-likeness (QED) is 0.371. The lowest BCUT2D eigenvalue weighted by molar-refractivity contribution is 0.0991. The van der Waals surface area contributed by atoms with Gasteiger partial charge in [0.05, 0.1) is 21.3 Å². The van der Waals surface area contributed by atoms with Crippen LogP contribution in [0.5, 0.6) is 0 Å². The fourth-order valence-corrected chi connectivity index (χ4v) is 4.27. The molecule has 0 unspecified atom stereocenters. The molecule has 0 aliphatic carbocycles. The van der Waals surface area contributed by atoms with E-state index in [0.29, 0.717) is 10.0 Å². The van der Waals surface area contributed by atoms with E-state index in [4.69, 9.17) is 0 Å². The van der Waals surface area contributed by atoms with Crippen molar-refractivity contribution in [3.63, 3.8) is 0 Å². The molecule has 0 fully saturated rings. The highest BCUT2D eigenvalue weighted by molar-refractivity contribution is 7.22. The molecule has 1 aromatic carbocycles. The summed E-state index contributed by atoms with van der Waals surface area (Å²) < 4.78 is 1.03. The van der Waals surface area contributed by atoms with E-state index in [2.05, 4.69) is 10.1 Å². The van der Waals surface area contributed by atoms with E-state index in [0.717, 1.165) is 15.1 Å². The van der Waals surface area contributed by atoms with Crippen LogP contribution in [0, 0.1) is 0 Å². The summed E-state index contributed by atoms with van der Waals surface area (Å²) in [4.78, 5) is 19.0. The van der Waals surface area contributed by atoms with Crippen LogP contribution in [0.2, 0.25) is 0 Å². The van der Waals surface area contributed by atoms with Gasteiger partial charge in [0.1, 0.15) is 0 Å². The molecule has 4 rings (SSSR count). The number of thiophene rings is 2. The van der Waals surface area contributed by atoms with Crippen molar-refractivity contribution >= 4 is 61.5 Å². The third-order valence-corrected chi connectivity index (χ3v) is 5.91. The van der Waals surface area contributed by atoms with Gasteiger partial charge >= 0.3 is 0 Å². The number of nitrogens with zero attached hydrogens (tertiary/aromatic N) is 3. The minimum atomic E-state index is -0.170. The summed E-state index contributed by atoms with van der Waals surface area (Å²) in [5, 5.41) is 10.2. The second-order valence-corrected chi connectivity index (χ2v) is 7.75. The first kappa shape index (κ1) is 15.2. The molecule has 0 spiro atoms. The summed E-state index contributed by atoms with van der Waals surface area (Å²) >= 11 is 4.43. The molecular formula is C17H11N3OS3. The third-order valence-electron chi connectivity index (χ3n) is 3.23. The summed E-state index contributed by atoms with van der Waals surface area (Å²) in [5.41, 5.74) is 0.868. The van der Waals surface area contributed by atoms with Crippen molar-refractivity contribution in [3.05, 3.63) is 69.0 Å². The highest BCUT2D eigenvalue weighted by Gasteiger charge is 2.21. The molecule has 0 aliphatic rings. The molecular weight excluding hydrogens is 358 g/mol. The van der Waals surface area contributed by atoms with Crippen LogP contribution >= 0.6 is 34.0 Å². The van der Waals surface area contributed by atoms with E-state index in [1.54, 1.807) is 23.6 Å². The van der Waals surface area contributed by atoms with Crippen molar-refractivity contribution in [1.29, 1.82) is 0 Å². The SMILES string of the molecule is O=C(c1cccs1)N(/N=C\c1cccs1)c1nc2ccccc2s1. The van der Waals surface area contributed by atoms with Crippen LogP contribution in [0.4, 0.5) is 5.13 Å². The van der Waals surface area contributed by atoms with Crippen molar-refractivity contribution in [1.82, 2.24) is 4.98 Å². The summed E-state index contributed by atoms with van der Waals surface area (Å²) in [7, 11) is 0. The lowest BCUT2D eigenvalue weighted by Gasteiger charge is -2.12. The number of aromatic nitrogens is 1. The zero-order valence-electron chi connectivity index (χ0n) is 12.3. The third kappa shape index (κ3) is 3.01. The van der Waals surface area contributed by atoms with Gasteiger partial charge in [0.15, 0.2) is 0 Å². The highest BCUT2D eigenvalue weighted by atomic mass is 32.1. The molecule has 3 aromatic heterocycles. The highest BCUT2D eigenvalue weighted by Crippen LogP contribution is 2.30. The van der Waals surface area contributed by atoms with Crippen LogP contribution in [-0.2, 0) is 0 Å². The molecule has 24 heavy (non-hydrogen) atoms. The maximum absolute atomic E-state index is 12.8. The Labute approximate surface area is 150 Å². The van der Waals surface area contributed by atoms with Gasteiger partial charge in [-0.15, -0.1) is 22.7 Å². The van der Waals surface area contributed by atoms with Gasteiger partial charge < -0.3 is 0 Å². The minimum Gasteiger partial charge on any atom is -0.266 e. The average Bonchev–Trinajstić information content (AvgIpc) is 3.35. The smallest absolute Gasteiger partial charge is 0.266 e. The van der Waals surface area contributed by atoms with Crippen molar-refractivity contribution in [2.24, 2.45) is 5.10 Å². The summed E-state index contributed by atoms with van der Waals surface area (Å²) in [6.45, 7) is 0. The number of benzene rings is 1. The molecule has 0 saturated carbocycles. The Morgan fingerprint density at radius 3 is 2.62 bits per heavy atom. The molecule has 0 saturated heterocycles. The molecule has 4 nitrogen and oxygen atoms in total. The average molecular weight is 369 g/mol. The first-order valence-electron chi connectivity index (χ1n) is 7.12. The van der Waals surface area contributed by atoms with Crippen molar-refractivity contribution in [2.45, 2.75) is 0 Å². The Morgan fingerprint density at radius 2 is 1.88 bits per heavy atom. The molecule has 0 radical (unpaired) electrons. The van der Waals surface area contributed by atoms with E-state index in [-0.39, 0.29) is 5.91 Å². The molecule has 0 aliphatic heterocycles. The summed E-state index contributed by atoms with van der Waals surface area (Å²) in [6, 6.07) is 15.4. The first-order chi connectivity index (χ1) is 11.8. The topological polar surface area (TPSA) is 45.6 Å². The van der Waals surface area contributed by atoms with Gasteiger partial charge in [-0.2, -0.15) is 10.1 Å². The van der Waals surface area contributed by atoms with Crippen molar-refractivity contribution in [3.8, 4) is 0 Å². The lowest BCUT2D eigenvalue weighted by atomic mass is 10.3. The van der Waals surface area contributed by atoms with Gasteiger partial charge in [-0.1, -0.05) is 35.6 Å². The van der Waals surface area contributed by atoms with Crippen molar-refractivity contribution < 1.29 is 4.79 Å². The Morgan fingerprint density at radius 1 is 1.04 bits per heavy atom. The summed E-state index contributed by atoms with van der Waals surface area (Å²) in [5.74, 6) is -0.170. The molecule has 118 valence electrons. The van der Waals surface area contributed by atoms with Gasteiger partial charge in [-0.3, -0.25) is 4.79 Å². The largest absolute Gasteiger partial charge is 0.290 e. The maximum atomic E-state index is 12.8. The standard InChI is InChI=1S/C17H11N3OS3/c21-16(15-8-4-10-23-15)20(18-11-12-5-3-9-22-12)17-19-13-6-1-2-7-14(13)24-17/h1-11H/b18-11-. The van der Waals surface area contributed by atoms with Crippen LogP contribution in [0.1, 0.15) is 14.5 Å². The number of hydrogen-bond acceptors (Lipinski definition) is 6. The number of fused-ring (bicyclic) bond motifs is 1. The molecule has 3 heterocycles. The van der Waals surface area contributed by atoms with E-state index in [1.807, 2.05) is 53.2 Å². The van der Waals surface area contributed by atoms with Gasteiger partial charge in [-0.05, 0) is 35.0 Å². The minimum absolute atomic E-state index is 0.170. The molecule has 1 amide bonds. The Kier molecular flexibility index (Phi) is 4.20. The predicted molar refractivity (Wildman–Crippen MR) is 103 cm³/mol. The molecule has 7 heteroatoms.